The highest BCUT2D eigenvalue weighted by atomic mass is 16.6. The highest BCUT2D eigenvalue weighted by Gasteiger charge is 2.20. The molecule has 110 valence electrons. The standard InChI is InChI=1S/C15H21NO4/c1-4-6-14(15(18)19-5-2)20-13-9-7-12(8-10-13)16-11(3)17/h7-10,14H,4-6H2,1-3H3,(H,16,17). The van der Waals surface area contributed by atoms with Crippen LogP contribution in [0, 0.1) is 0 Å². The predicted octanol–water partition coefficient (Wildman–Crippen LogP) is 2.76. The van der Waals surface area contributed by atoms with Gasteiger partial charge in [0.15, 0.2) is 6.10 Å². The maximum absolute atomic E-state index is 11.7. The lowest BCUT2D eigenvalue weighted by atomic mass is 10.2. The molecule has 1 amide bonds. The Morgan fingerprint density at radius 2 is 1.85 bits per heavy atom. The number of hydrogen-bond donors (Lipinski definition) is 1. The van der Waals surface area contributed by atoms with Gasteiger partial charge in [-0.3, -0.25) is 4.79 Å². The van der Waals surface area contributed by atoms with Crippen molar-refractivity contribution in [2.24, 2.45) is 0 Å². The van der Waals surface area contributed by atoms with Crippen LogP contribution in [0.15, 0.2) is 24.3 Å². The number of ether oxygens (including phenoxy) is 2. The summed E-state index contributed by atoms with van der Waals surface area (Å²) in [7, 11) is 0. The zero-order valence-electron chi connectivity index (χ0n) is 12.1. The Hall–Kier alpha value is -2.04. The summed E-state index contributed by atoms with van der Waals surface area (Å²) >= 11 is 0. The highest BCUT2D eigenvalue weighted by Crippen LogP contribution is 2.18. The maximum Gasteiger partial charge on any atom is 0.347 e. The van der Waals surface area contributed by atoms with Gasteiger partial charge in [0, 0.05) is 12.6 Å². The molecule has 0 aliphatic heterocycles. The van der Waals surface area contributed by atoms with E-state index in [1.807, 2.05) is 6.92 Å². The monoisotopic (exact) mass is 279 g/mol. The summed E-state index contributed by atoms with van der Waals surface area (Å²) in [4.78, 5) is 22.7. The van der Waals surface area contributed by atoms with Crippen molar-refractivity contribution in [2.45, 2.75) is 39.7 Å². The topological polar surface area (TPSA) is 64.6 Å². The van der Waals surface area contributed by atoms with E-state index in [9.17, 15) is 9.59 Å². The van der Waals surface area contributed by atoms with Crippen LogP contribution in [0.25, 0.3) is 0 Å². The molecule has 1 aromatic carbocycles. The molecule has 20 heavy (non-hydrogen) atoms. The van der Waals surface area contributed by atoms with Crippen molar-refractivity contribution in [2.75, 3.05) is 11.9 Å². The predicted molar refractivity (Wildman–Crippen MR) is 76.7 cm³/mol. The van der Waals surface area contributed by atoms with Crippen LogP contribution >= 0.6 is 0 Å². The fraction of sp³-hybridized carbons (Fsp3) is 0.467. The van der Waals surface area contributed by atoms with E-state index in [4.69, 9.17) is 9.47 Å². The van der Waals surface area contributed by atoms with E-state index >= 15 is 0 Å². The van der Waals surface area contributed by atoms with Gasteiger partial charge in [0.1, 0.15) is 5.75 Å². The van der Waals surface area contributed by atoms with Crippen LogP contribution in [0.3, 0.4) is 0 Å². The minimum absolute atomic E-state index is 0.131. The number of nitrogens with one attached hydrogen (secondary N) is 1. The molecule has 0 aromatic heterocycles. The number of rotatable bonds is 7. The lowest BCUT2D eigenvalue weighted by Gasteiger charge is -2.17. The van der Waals surface area contributed by atoms with Gasteiger partial charge in [-0.05, 0) is 37.6 Å². The molecule has 0 aliphatic rings. The highest BCUT2D eigenvalue weighted by molar-refractivity contribution is 5.88. The molecule has 0 heterocycles. The Morgan fingerprint density at radius 1 is 1.20 bits per heavy atom. The SMILES string of the molecule is CCCC(Oc1ccc(NC(C)=O)cc1)C(=O)OCC. The second-order valence-electron chi connectivity index (χ2n) is 4.35. The average molecular weight is 279 g/mol. The molecule has 0 saturated carbocycles. The quantitative estimate of drug-likeness (QED) is 0.779. The Labute approximate surface area is 119 Å². The molecule has 0 saturated heterocycles. The van der Waals surface area contributed by atoms with Crippen LogP contribution in [0.4, 0.5) is 5.69 Å². The molecule has 0 fully saturated rings. The third-order valence-corrected chi connectivity index (χ3v) is 2.55. The molecule has 0 bridgehead atoms. The maximum atomic E-state index is 11.7. The largest absolute Gasteiger partial charge is 0.479 e. The number of carbonyl (C=O) groups is 2. The number of benzene rings is 1. The van der Waals surface area contributed by atoms with E-state index in [2.05, 4.69) is 5.32 Å². The van der Waals surface area contributed by atoms with E-state index in [1.54, 1.807) is 31.2 Å². The van der Waals surface area contributed by atoms with Crippen LogP contribution in [0.2, 0.25) is 0 Å². The van der Waals surface area contributed by atoms with Gasteiger partial charge in [0.25, 0.3) is 0 Å². The lowest BCUT2D eigenvalue weighted by molar-refractivity contribution is -0.151. The minimum Gasteiger partial charge on any atom is -0.479 e. The molecule has 0 radical (unpaired) electrons. The van der Waals surface area contributed by atoms with Gasteiger partial charge in [0.2, 0.25) is 5.91 Å². The zero-order chi connectivity index (χ0) is 15.0. The van der Waals surface area contributed by atoms with E-state index in [0.717, 1.165) is 6.42 Å². The minimum atomic E-state index is -0.591. The molecule has 5 heteroatoms. The van der Waals surface area contributed by atoms with Crippen LogP contribution in [0.1, 0.15) is 33.6 Å². The number of esters is 1. The zero-order valence-corrected chi connectivity index (χ0v) is 12.1. The first-order chi connectivity index (χ1) is 9.56. The van der Waals surface area contributed by atoms with Crippen molar-refractivity contribution in [3.05, 3.63) is 24.3 Å². The van der Waals surface area contributed by atoms with Crippen molar-refractivity contribution >= 4 is 17.6 Å². The Kier molecular flexibility index (Phi) is 6.56. The first-order valence-electron chi connectivity index (χ1n) is 6.77. The van der Waals surface area contributed by atoms with Crippen molar-refractivity contribution in [3.8, 4) is 5.75 Å². The second-order valence-corrected chi connectivity index (χ2v) is 4.35. The van der Waals surface area contributed by atoms with Gasteiger partial charge < -0.3 is 14.8 Å². The van der Waals surface area contributed by atoms with Crippen molar-refractivity contribution in [1.82, 2.24) is 0 Å². The Morgan fingerprint density at radius 3 is 2.35 bits per heavy atom. The van der Waals surface area contributed by atoms with Gasteiger partial charge >= 0.3 is 5.97 Å². The third-order valence-electron chi connectivity index (χ3n) is 2.55. The number of carbonyl (C=O) groups excluding carboxylic acids is 2. The summed E-state index contributed by atoms with van der Waals surface area (Å²) in [5, 5.41) is 2.67. The molecule has 5 nitrogen and oxygen atoms in total. The molecule has 1 unspecified atom stereocenters. The Bertz CT molecular complexity index is 442. The number of hydrogen-bond acceptors (Lipinski definition) is 4. The Balaban J connectivity index is 2.68. The molecular formula is C15H21NO4. The molecule has 1 N–H and O–H groups in total. The third kappa shape index (κ3) is 5.30. The van der Waals surface area contributed by atoms with Gasteiger partial charge in [-0.15, -0.1) is 0 Å². The fourth-order valence-electron chi connectivity index (χ4n) is 1.71. The number of amides is 1. The van der Waals surface area contributed by atoms with E-state index in [0.29, 0.717) is 24.5 Å². The van der Waals surface area contributed by atoms with Gasteiger partial charge in [-0.1, -0.05) is 13.3 Å². The number of anilines is 1. The molecule has 0 aliphatic carbocycles. The summed E-state index contributed by atoms with van der Waals surface area (Å²) in [6.07, 6.45) is 0.839. The van der Waals surface area contributed by atoms with Crippen molar-refractivity contribution < 1.29 is 19.1 Å². The second kappa shape index (κ2) is 8.19. The van der Waals surface area contributed by atoms with Crippen molar-refractivity contribution in [3.63, 3.8) is 0 Å². The summed E-state index contributed by atoms with van der Waals surface area (Å²) in [6.45, 7) is 5.53. The van der Waals surface area contributed by atoms with Crippen LogP contribution in [0.5, 0.6) is 5.75 Å². The first-order valence-corrected chi connectivity index (χ1v) is 6.77. The average Bonchev–Trinajstić information content (AvgIpc) is 2.40. The smallest absolute Gasteiger partial charge is 0.347 e. The van der Waals surface area contributed by atoms with Gasteiger partial charge in [-0.25, -0.2) is 4.79 Å². The van der Waals surface area contributed by atoms with Crippen LogP contribution in [-0.2, 0) is 14.3 Å². The normalized spacial score (nSPS) is 11.6. The molecule has 1 aromatic rings. The molecule has 1 rings (SSSR count). The summed E-state index contributed by atoms with van der Waals surface area (Å²) < 4.78 is 10.6. The lowest BCUT2D eigenvalue weighted by Crippen LogP contribution is -2.29. The van der Waals surface area contributed by atoms with Crippen molar-refractivity contribution in [1.29, 1.82) is 0 Å². The molecule has 0 spiro atoms. The summed E-state index contributed by atoms with van der Waals surface area (Å²) in [6, 6.07) is 6.89. The van der Waals surface area contributed by atoms with Crippen LogP contribution in [-0.4, -0.2) is 24.6 Å². The summed E-state index contributed by atoms with van der Waals surface area (Å²) in [5.74, 6) is 0.0972. The fourth-order valence-corrected chi connectivity index (χ4v) is 1.71. The van der Waals surface area contributed by atoms with E-state index < -0.39 is 6.10 Å². The first kappa shape index (κ1) is 16.0. The molecule has 1 atom stereocenters. The van der Waals surface area contributed by atoms with Gasteiger partial charge in [-0.2, -0.15) is 0 Å². The van der Waals surface area contributed by atoms with Crippen LogP contribution < -0.4 is 10.1 Å². The van der Waals surface area contributed by atoms with E-state index in [-0.39, 0.29) is 11.9 Å². The molecular weight excluding hydrogens is 258 g/mol. The van der Waals surface area contributed by atoms with E-state index in [1.165, 1.54) is 6.92 Å². The summed E-state index contributed by atoms with van der Waals surface area (Å²) in [5.41, 5.74) is 0.688. The van der Waals surface area contributed by atoms with Gasteiger partial charge in [0.05, 0.1) is 6.61 Å².